The van der Waals surface area contributed by atoms with Crippen LogP contribution in [0.2, 0.25) is 0 Å². The summed E-state index contributed by atoms with van der Waals surface area (Å²) in [4.78, 5) is 12.3. The van der Waals surface area contributed by atoms with Crippen LogP contribution in [0.3, 0.4) is 0 Å². The molecule has 2 rings (SSSR count). The van der Waals surface area contributed by atoms with Crippen molar-refractivity contribution < 1.29 is 4.79 Å². The number of hydrogen-bond acceptors (Lipinski definition) is 3. The average Bonchev–Trinajstić information content (AvgIpc) is 2.80. The molecule has 0 aromatic heterocycles. The molecule has 0 spiro atoms. The Morgan fingerprint density at radius 1 is 1.62 bits per heavy atom. The maximum Gasteiger partial charge on any atom is 0.227 e. The number of amides is 1. The Balaban J connectivity index is 1.90. The lowest BCUT2D eigenvalue weighted by Crippen LogP contribution is -2.48. The maximum absolute atomic E-state index is 12.3. The number of hydrogen-bond donors (Lipinski definition) is 2. The van der Waals surface area contributed by atoms with Crippen LogP contribution in [0, 0.1) is 5.41 Å². The lowest BCUT2D eigenvalue weighted by atomic mass is 9.83. The van der Waals surface area contributed by atoms with Crippen molar-refractivity contribution in [3.8, 4) is 0 Å². The normalized spacial score (nSPS) is 34.9. The summed E-state index contributed by atoms with van der Waals surface area (Å²) >= 11 is 1.96. The topological polar surface area (TPSA) is 41.1 Å². The van der Waals surface area contributed by atoms with E-state index in [0.29, 0.717) is 6.04 Å². The van der Waals surface area contributed by atoms with Crippen LogP contribution in [0.5, 0.6) is 0 Å². The van der Waals surface area contributed by atoms with Gasteiger partial charge in [-0.15, -0.1) is 0 Å². The molecule has 0 aliphatic carbocycles. The van der Waals surface area contributed by atoms with Gasteiger partial charge in [0.25, 0.3) is 0 Å². The molecular weight excluding hydrogens is 220 g/mol. The molecule has 2 saturated heterocycles. The van der Waals surface area contributed by atoms with E-state index < -0.39 is 0 Å². The minimum absolute atomic E-state index is 0.123. The molecule has 2 heterocycles. The third kappa shape index (κ3) is 2.54. The molecule has 4 heteroatoms. The van der Waals surface area contributed by atoms with Gasteiger partial charge in [0.1, 0.15) is 0 Å². The first-order chi connectivity index (χ1) is 7.77. The van der Waals surface area contributed by atoms with Crippen LogP contribution < -0.4 is 10.6 Å². The zero-order valence-electron chi connectivity index (χ0n) is 10.1. The Kier molecular flexibility index (Phi) is 4.14. The van der Waals surface area contributed by atoms with Gasteiger partial charge in [-0.25, -0.2) is 0 Å². The van der Waals surface area contributed by atoms with E-state index >= 15 is 0 Å². The number of carbonyl (C=O) groups is 1. The Morgan fingerprint density at radius 3 is 3.06 bits per heavy atom. The van der Waals surface area contributed by atoms with Crippen LogP contribution in [0.15, 0.2) is 0 Å². The average molecular weight is 242 g/mol. The van der Waals surface area contributed by atoms with Crippen molar-refractivity contribution in [1.29, 1.82) is 0 Å². The van der Waals surface area contributed by atoms with Gasteiger partial charge in [-0.1, -0.05) is 6.92 Å². The highest BCUT2D eigenvalue weighted by Gasteiger charge is 2.40. The molecule has 1 amide bonds. The van der Waals surface area contributed by atoms with E-state index in [1.165, 1.54) is 12.2 Å². The highest BCUT2D eigenvalue weighted by atomic mass is 32.2. The molecule has 0 saturated carbocycles. The molecule has 0 bridgehead atoms. The second-order valence-corrected chi connectivity index (χ2v) is 6.10. The van der Waals surface area contributed by atoms with Crippen LogP contribution >= 0.6 is 11.8 Å². The van der Waals surface area contributed by atoms with Crippen molar-refractivity contribution in [2.24, 2.45) is 5.41 Å². The standard InChI is InChI=1S/C12H22N2OS/c1-2-12(5-6-13-9-12)11(15)14-10-4-3-7-16-8-10/h10,13H,2-9H2,1H3,(H,14,15). The number of nitrogens with one attached hydrogen (secondary N) is 2. The Labute approximate surface area is 102 Å². The lowest BCUT2D eigenvalue weighted by molar-refractivity contribution is -0.130. The molecule has 2 fully saturated rings. The predicted molar refractivity (Wildman–Crippen MR) is 68.7 cm³/mol. The van der Waals surface area contributed by atoms with Crippen LogP contribution in [0.25, 0.3) is 0 Å². The third-order valence-electron chi connectivity index (χ3n) is 3.90. The van der Waals surface area contributed by atoms with Crippen LogP contribution in [0.1, 0.15) is 32.6 Å². The molecule has 0 aromatic carbocycles. The van der Waals surface area contributed by atoms with Crippen LogP contribution in [-0.2, 0) is 4.79 Å². The van der Waals surface area contributed by atoms with Crippen molar-refractivity contribution >= 4 is 17.7 Å². The fraction of sp³-hybridized carbons (Fsp3) is 0.917. The van der Waals surface area contributed by atoms with Gasteiger partial charge in [-0.3, -0.25) is 4.79 Å². The highest BCUT2D eigenvalue weighted by molar-refractivity contribution is 7.99. The summed E-state index contributed by atoms with van der Waals surface area (Å²) in [6, 6.07) is 0.412. The summed E-state index contributed by atoms with van der Waals surface area (Å²) in [6.45, 7) is 3.97. The molecule has 0 radical (unpaired) electrons. The van der Waals surface area contributed by atoms with Crippen molar-refractivity contribution in [2.75, 3.05) is 24.6 Å². The first kappa shape index (κ1) is 12.2. The largest absolute Gasteiger partial charge is 0.352 e. The molecule has 2 aliphatic heterocycles. The van der Waals surface area contributed by atoms with Crippen LogP contribution in [0.4, 0.5) is 0 Å². The molecule has 2 unspecified atom stereocenters. The first-order valence-corrected chi connectivity index (χ1v) is 7.52. The summed E-state index contributed by atoms with van der Waals surface area (Å²) in [7, 11) is 0. The lowest BCUT2D eigenvalue weighted by Gasteiger charge is -2.30. The minimum Gasteiger partial charge on any atom is -0.352 e. The van der Waals surface area contributed by atoms with E-state index in [1.807, 2.05) is 11.8 Å². The van der Waals surface area contributed by atoms with E-state index in [-0.39, 0.29) is 11.3 Å². The fourth-order valence-electron chi connectivity index (χ4n) is 2.59. The van der Waals surface area contributed by atoms with Crippen molar-refractivity contribution in [3.05, 3.63) is 0 Å². The smallest absolute Gasteiger partial charge is 0.227 e. The van der Waals surface area contributed by atoms with Gasteiger partial charge >= 0.3 is 0 Å². The second-order valence-electron chi connectivity index (χ2n) is 4.95. The van der Waals surface area contributed by atoms with Gasteiger partial charge in [-0.2, -0.15) is 11.8 Å². The van der Waals surface area contributed by atoms with Gasteiger partial charge in [-0.05, 0) is 38.0 Å². The number of rotatable bonds is 3. The fourth-order valence-corrected chi connectivity index (χ4v) is 3.66. The third-order valence-corrected chi connectivity index (χ3v) is 5.11. The van der Waals surface area contributed by atoms with Gasteiger partial charge in [0.05, 0.1) is 5.41 Å². The second kappa shape index (κ2) is 5.41. The van der Waals surface area contributed by atoms with Gasteiger partial charge in [0.2, 0.25) is 5.91 Å². The summed E-state index contributed by atoms with van der Waals surface area (Å²) in [5, 5.41) is 6.57. The predicted octanol–water partition coefficient (Wildman–Crippen LogP) is 1.39. The Morgan fingerprint density at radius 2 is 2.50 bits per heavy atom. The Bertz CT molecular complexity index is 245. The number of carbonyl (C=O) groups excluding carboxylic acids is 1. The first-order valence-electron chi connectivity index (χ1n) is 6.36. The van der Waals surface area contributed by atoms with Gasteiger partial charge < -0.3 is 10.6 Å². The summed E-state index contributed by atoms with van der Waals surface area (Å²) < 4.78 is 0. The highest BCUT2D eigenvalue weighted by Crippen LogP contribution is 2.30. The van der Waals surface area contributed by atoms with E-state index in [4.69, 9.17) is 0 Å². The van der Waals surface area contributed by atoms with Crippen molar-refractivity contribution in [3.63, 3.8) is 0 Å². The number of thioether (sulfide) groups is 1. The van der Waals surface area contributed by atoms with Gasteiger partial charge in [0.15, 0.2) is 0 Å². The van der Waals surface area contributed by atoms with E-state index in [9.17, 15) is 4.79 Å². The van der Waals surface area contributed by atoms with Crippen molar-refractivity contribution in [2.45, 2.75) is 38.6 Å². The zero-order valence-corrected chi connectivity index (χ0v) is 10.9. The molecule has 3 nitrogen and oxygen atoms in total. The van der Waals surface area contributed by atoms with Crippen LogP contribution in [-0.4, -0.2) is 36.5 Å². The molecule has 2 atom stereocenters. The summed E-state index contributed by atoms with van der Waals surface area (Å²) in [6.07, 6.45) is 4.35. The summed E-state index contributed by atoms with van der Waals surface area (Å²) in [5.74, 6) is 2.64. The SMILES string of the molecule is CCC1(C(=O)NC2CCCSC2)CCNC1. The quantitative estimate of drug-likeness (QED) is 0.786. The molecule has 0 aromatic rings. The maximum atomic E-state index is 12.3. The molecule has 16 heavy (non-hydrogen) atoms. The minimum atomic E-state index is -0.123. The molecule has 2 aliphatic rings. The molecule has 92 valence electrons. The monoisotopic (exact) mass is 242 g/mol. The zero-order chi connectivity index (χ0) is 11.4. The van der Waals surface area contributed by atoms with E-state index in [1.54, 1.807) is 0 Å². The Hall–Kier alpha value is -0.220. The molecular formula is C12H22N2OS. The summed E-state index contributed by atoms with van der Waals surface area (Å²) in [5.41, 5.74) is -0.123. The van der Waals surface area contributed by atoms with E-state index in [2.05, 4.69) is 17.6 Å². The molecule has 2 N–H and O–H groups in total. The van der Waals surface area contributed by atoms with Crippen molar-refractivity contribution in [1.82, 2.24) is 10.6 Å². The van der Waals surface area contributed by atoms with E-state index in [0.717, 1.165) is 38.1 Å². The van der Waals surface area contributed by atoms with Gasteiger partial charge in [0, 0.05) is 18.3 Å².